The van der Waals surface area contributed by atoms with Gasteiger partial charge in [-0.05, 0) is 86.1 Å². The number of carbonyl (C=O) groups excluding carboxylic acids is 1. The minimum atomic E-state index is -4.08. The third-order valence-electron chi connectivity index (χ3n) is 8.60. The maximum atomic E-state index is 13.9. The van der Waals surface area contributed by atoms with Crippen molar-refractivity contribution < 1.29 is 32.2 Å². The Morgan fingerprint density at radius 1 is 1.05 bits per heavy atom. The number of pyridine rings is 1. The van der Waals surface area contributed by atoms with E-state index in [1.807, 2.05) is 0 Å². The van der Waals surface area contributed by atoms with E-state index in [0.29, 0.717) is 18.7 Å². The van der Waals surface area contributed by atoms with Crippen LogP contribution in [0.4, 0.5) is 14.5 Å². The summed E-state index contributed by atoms with van der Waals surface area (Å²) < 4.78 is 56.2. The number of nitrogens with one attached hydrogen (secondary N) is 1. The topological polar surface area (TPSA) is 134 Å². The van der Waals surface area contributed by atoms with E-state index in [2.05, 4.69) is 15.4 Å². The molecular weight excluding hydrogens is 602 g/mol. The Balaban J connectivity index is 1.23. The zero-order chi connectivity index (χ0) is 30.5. The molecule has 2 fully saturated rings. The summed E-state index contributed by atoms with van der Waals surface area (Å²) >= 11 is 6.33. The van der Waals surface area contributed by atoms with Gasteiger partial charge < -0.3 is 15.5 Å². The van der Waals surface area contributed by atoms with Gasteiger partial charge >= 0.3 is 0 Å². The fourth-order valence-corrected chi connectivity index (χ4v) is 8.82. The van der Waals surface area contributed by atoms with Crippen molar-refractivity contribution >= 4 is 33.0 Å². The van der Waals surface area contributed by atoms with Gasteiger partial charge in [0.2, 0.25) is 0 Å². The molecule has 2 saturated carbocycles. The average Bonchev–Trinajstić information content (AvgIpc) is 3.57. The fraction of sp³-hybridized carbons (Fsp3) is 0.300. The molecule has 43 heavy (non-hydrogen) atoms. The molecule has 2 aromatic carbocycles. The molecule has 3 N–H and O–H groups in total. The number of carbonyl (C=O) groups is 1. The van der Waals surface area contributed by atoms with Crippen LogP contribution < -0.4 is 5.32 Å². The predicted octanol–water partition coefficient (Wildman–Crippen LogP) is 4.88. The van der Waals surface area contributed by atoms with Gasteiger partial charge in [0, 0.05) is 29.7 Å². The average molecular weight is 629 g/mol. The summed E-state index contributed by atoms with van der Waals surface area (Å²) in [5.74, 6) is -3.54. The Labute approximate surface area is 251 Å². The third-order valence-corrected chi connectivity index (χ3v) is 11.3. The second-order valence-electron chi connectivity index (χ2n) is 11.0. The van der Waals surface area contributed by atoms with Crippen molar-refractivity contribution in [3.8, 4) is 5.82 Å². The smallest absolute Gasteiger partial charge is 0.255 e. The Morgan fingerprint density at radius 3 is 2.47 bits per heavy atom. The van der Waals surface area contributed by atoms with E-state index in [1.165, 1.54) is 22.9 Å². The zero-order valence-corrected chi connectivity index (χ0v) is 24.1. The molecule has 2 aromatic heterocycles. The quantitative estimate of drug-likeness (QED) is 0.266. The molecule has 9 nitrogen and oxygen atoms in total. The first-order valence-corrected chi connectivity index (χ1v) is 15.6. The van der Waals surface area contributed by atoms with Crippen LogP contribution in [-0.2, 0) is 9.84 Å². The molecule has 2 aliphatic rings. The van der Waals surface area contributed by atoms with E-state index in [1.54, 1.807) is 36.7 Å². The minimum Gasteiger partial charge on any atom is -0.386 e. The summed E-state index contributed by atoms with van der Waals surface area (Å²) in [6.07, 6.45) is 3.15. The molecule has 1 amide bonds. The normalized spacial score (nSPS) is 24.1. The highest BCUT2D eigenvalue weighted by Gasteiger charge is 2.59. The van der Waals surface area contributed by atoms with Gasteiger partial charge in [0.25, 0.3) is 5.91 Å². The Kier molecular flexibility index (Phi) is 7.57. The minimum absolute atomic E-state index is 0.00500. The highest BCUT2D eigenvalue weighted by molar-refractivity contribution is 7.92. The first-order chi connectivity index (χ1) is 20.5. The number of anilines is 1. The molecule has 3 atom stereocenters. The van der Waals surface area contributed by atoms with Crippen LogP contribution in [0.25, 0.3) is 5.82 Å². The Morgan fingerprint density at radius 2 is 1.79 bits per heavy atom. The van der Waals surface area contributed by atoms with Gasteiger partial charge in [0.15, 0.2) is 27.3 Å². The van der Waals surface area contributed by atoms with E-state index in [0.717, 1.165) is 18.2 Å². The SMILES string of the molecule is O=C(Nc1ccc(F)c(F)c1)c1ccc(Cl)c(S(=O)(=O)C2CC3CCC(C2)C3(O)C(O)c2cccc(-n3cccn3)n2)c1. The summed E-state index contributed by atoms with van der Waals surface area (Å²) in [5.41, 5.74) is -1.37. The first kappa shape index (κ1) is 29.4. The lowest BCUT2D eigenvalue weighted by molar-refractivity contribution is -0.145. The number of rotatable bonds is 7. The molecule has 0 saturated heterocycles. The van der Waals surface area contributed by atoms with Crippen molar-refractivity contribution in [3.63, 3.8) is 0 Å². The third kappa shape index (κ3) is 5.22. The number of benzene rings is 2. The summed E-state index contributed by atoms with van der Waals surface area (Å²) in [6, 6.07) is 13.4. The monoisotopic (exact) mass is 628 g/mol. The highest BCUT2D eigenvalue weighted by atomic mass is 35.5. The number of halogens is 3. The Bertz CT molecular complexity index is 1790. The highest BCUT2D eigenvalue weighted by Crippen LogP contribution is 2.56. The summed E-state index contributed by atoms with van der Waals surface area (Å²) in [7, 11) is -4.08. The van der Waals surface area contributed by atoms with Crippen LogP contribution in [0.5, 0.6) is 0 Å². The van der Waals surface area contributed by atoms with E-state index in [4.69, 9.17) is 11.6 Å². The lowest BCUT2D eigenvalue weighted by Gasteiger charge is -2.45. The van der Waals surface area contributed by atoms with E-state index in [9.17, 15) is 32.2 Å². The van der Waals surface area contributed by atoms with Gasteiger partial charge in [0.1, 0.15) is 11.7 Å². The van der Waals surface area contributed by atoms with Crippen LogP contribution in [0.1, 0.15) is 47.8 Å². The number of sulfone groups is 1. The molecule has 0 spiro atoms. The number of aliphatic hydroxyl groups excluding tert-OH is 1. The van der Waals surface area contributed by atoms with Crippen LogP contribution in [0.2, 0.25) is 5.02 Å². The maximum absolute atomic E-state index is 13.9. The number of aliphatic hydroxyl groups is 2. The van der Waals surface area contributed by atoms with Gasteiger partial charge in [-0.2, -0.15) is 5.10 Å². The molecule has 2 bridgehead atoms. The molecule has 3 unspecified atom stereocenters. The molecule has 0 radical (unpaired) electrons. The first-order valence-electron chi connectivity index (χ1n) is 13.7. The largest absolute Gasteiger partial charge is 0.386 e. The predicted molar refractivity (Wildman–Crippen MR) is 153 cm³/mol. The van der Waals surface area contributed by atoms with Gasteiger partial charge in [-0.25, -0.2) is 26.9 Å². The number of amides is 1. The van der Waals surface area contributed by atoms with Crippen molar-refractivity contribution in [3.05, 3.63) is 101 Å². The van der Waals surface area contributed by atoms with Gasteiger partial charge in [0.05, 0.1) is 20.9 Å². The van der Waals surface area contributed by atoms with Gasteiger partial charge in [-0.3, -0.25) is 4.79 Å². The molecular formula is C30H27ClF2N4O5S. The number of hydrogen-bond acceptors (Lipinski definition) is 7. The molecule has 0 aliphatic heterocycles. The number of fused-ring (bicyclic) bond motifs is 2. The summed E-state index contributed by atoms with van der Waals surface area (Å²) in [6.45, 7) is 0. The van der Waals surface area contributed by atoms with Crippen LogP contribution in [0.3, 0.4) is 0 Å². The number of nitrogens with zero attached hydrogens (tertiary/aromatic N) is 3. The Hall–Kier alpha value is -3.71. The van der Waals surface area contributed by atoms with E-state index >= 15 is 0 Å². The van der Waals surface area contributed by atoms with Crippen molar-refractivity contribution in [2.75, 3.05) is 5.32 Å². The fourth-order valence-electron chi connectivity index (χ4n) is 6.42. The molecule has 13 heteroatoms. The van der Waals surface area contributed by atoms with Crippen LogP contribution >= 0.6 is 11.6 Å². The van der Waals surface area contributed by atoms with Crippen molar-refractivity contribution in [1.82, 2.24) is 14.8 Å². The van der Waals surface area contributed by atoms with Crippen LogP contribution in [-0.4, -0.2) is 50.2 Å². The number of hydrogen-bond donors (Lipinski definition) is 3. The molecule has 224 valence electrons. The van der Waals surface area contributed by atoms with Gasteiger partial charge in [-0.15, -0.1) is 0 Å². The summed E-state index contributed by atoms with van der Waals surface area (Å²) in [5, 5.41) is 28.9. The molecule has 2 aliphatic carbocycles. The van der Waals surface area contributed by atoms with E-state index < -0.39 is 56.2 Å². The lowest BCUT2D eigenvalue weighted by Crippen LogP contribution is -2.52. The molecule has 6 rings (SSSR count). The zero-order valence-electron chi connectivity index (χ0n) is 22.6. The van der Waals surface area contributed by atoms with Crippen molar-refractivity contribution in [2.45, 2.75) is 47.5 Å². The van der Waals surface area contributed by atoms with E-state index in [-0.39, 0.29) is 39.7 Å². The number of aromatic nitrogens is 3. The van der Waals surface area contributed by atoms with Crippen molar-refractivity contribution in [1.29, 1.82) is 0 Å². The molecule has 2 heterocycles. The lowest BCUT2D eigenvalue weighted by atomic mass is 9.70. The van der Waals surface area contributed by atoms with Gasteiger partial charge in [-0.1, -0.05) is 17.7 Å². The van der Waals surface area contributed by atoms with Crippen molar-refractivity contribution in [2.24, 2.45) is 11.8 Å². The molecule has 4 aromatic rings. The second-order valence-corrected chi connectivity index (χ2v) is 13.6. The summed E-state index contributed by atoms with van der Waals surface area (Å²) in [4.78, 5) is 17.1. The van der Waals surface area contributed by atoms with Crippen LogP contribution in [0, 0.1) is 23.5 Å². The maximum Gasteiger partial charge on any atom is 0.255 e. The second kappa shape index (κ2) is 11.1. The standard InChI is InChI=1S/C30H27ClF2N4O5S/c31-22-9-5-17(29(39)35-20-8-10-23(32)24(33)16-20)13-26(22)43(41,42)21-14-18-6-7-19(15-21)30(18,40)28(38)25-3-1-4-27(36-25)37-12-2-11-34-37/h1-5,8-13,16,18-19,21,28,38,40H,6-7,14-15H2,(H,35,39). The van der Waals surface area contributed by atoms with Crippen LogP contribution in [0.15, 0.2) is 78.0 Å².